The van der Waals surface area contributed by atoms with Gasteiger partial charge in [-0.1, -0.05) is 36.8 Å². The number of benzene rings is 2. The Labute approximate surface area is 193 Å². The molecule has 170 valence electrons. The van der Waals surface area contributed by atoms with Gasteiger partial charge in [-0.25, -0.2) is 0 Å². The van der Waals surface area contributed by atoms with Crippen molar-refractivity contribution in [1.29, 1.82) is 0 Å². The Balaban J connectivity index is 1.05. The van der Waals surface area contributed by atoms with Gasteiger partial charge in [0.25, 0.3) is 0 Å². The van der Waals surface area contributed by atoms with Crippen LogP contribution in [-0.2, 0) is 13.0 Å². The van der Waals surface area contributed by atoms with E-state index in [1.54, 1.807) is 0 Å². The van der Waals surface area contributed by atoms with Crippen molar-refractivity contribution in [2.45, 2.75) is 63.1 Å². The predicted molar refractivity (Wildman–Crippen MR) is 131 cm³/mol. The number of anilines is 1. The fourth-order valence-corrected chi connectivity index (χ4v) is 6.11. The molecule has 32 heavy (non-hydrogen) atoms. The molecular weight excluding hydrogens is 394 g/mol. The number of aryl methyl sites for hydroxylation is 1. The zero-order chi connectivity index (χ0) is 21.4. The van der Waals surface area contributed by atoms with Gasteiger partial charge >= 0.3 is 0 Å². The Kier molecular flexibility index (Phi) is 5.60. The lowest BCUT2D eigenvalue weighted by molar-refractivity contribution is -0.0336. The lowest BCUT2D eigenvalue weighted by Gasteiger charge is -2.48. The number of likely N-dealkylation sites (tertiary alicyclic amines) is 1. The molecule has 1 saturated carbocycles. The summed E-state index contributed by atoms with van der Waals surface area (Å²) in [4.78, 5) is 7.87. The van der Waals surface area contributed by atoms with Crippen LogP contribution in [0.3, 0.4) is 0 Å². The number of nitrogens with zero attached hydrogens (tertiary/aromatic N) is 3. The van der Waals surface area contributed by atoms with Gasteiger partial charge in [0.05, 0.1) is 0 Å². The first-order chi connectivity index (χ1) is 15.8. The van der Waals surface area contributed by atoms with Crippen LogP contribution < -0.4 is 9.64 Å². The summed E-state index contributed by atoms with van der Waals surface area (Å²) >= 11 is 0. The highest BCUT2D eigenvalue weighted by Gasteiger charge is 2.41. The zero-order valence-corrected chi connectivity index (χ0v) is 19.3. The molecule has 3 aliphatic heterocycles. The van der Waals surface area contributed by atoms with E-state index in [1.165, 1.54) is 74.8 Å². The summed E-state index contributed by atoms with van der Waals surface area (Å²) in [7, 11) is 0. The maximum absolute atomic E-state index is 6.71. The minimum absolute atomic E-state index is 0.0951. The first kappa shape index (κ1) is 20.6. The van der Waals surface area contributed by atoms with Crippen LogP contribution in [-0.4, -0.2) is 60.7 Å². The molecular formula is C28H37N3O. The van der Waals surface area contributed by atoms with Crippen LogP contribution in [0, 0.1) is 0 Å². The highest BCUT2D eigenvalue weighted by atomic mass is 16.5. The van der Waals surface area contributed by atoms with Gasteiger partial charge < -0.3 is 14.5 Å². The van der Waals surface area contributed by atoms with Crippen LogP contribution >= 0.6 is 0 Å². The summed E-state index contributed by atoms with van der Waals surface area (Å²) in [6, 6.07) is 18.7. The van der Waals surface area contributed by atoms with Gasteiger partial charge in [-0.05, 0) is 67.9 Å². The van der Waals surface area contributed by atoms with E-state index in [4.69, 9.17) is 4.74 Å². The maximum Gasteiger partial charge on any atom is 0.123 e. The van der Waals surface area contributed by atoms with Crippen molar-refractivity contribution < 1.29 is 4.74 Å². The van der Waals surface area contributed by atoms with Gasteiger partial charge in [0.15, 0.2) is 0 Å². The van der Waals surface area contributed by atoms with Gasteiger partial charge in [0.2, 0.25) is 0 Å². The summed E-state index contributed by atoms with van der Waals surface area (Å²) in [5.41, 5.74) is 4.31. The van der Waals surface area contributed by atoms with Crippen molar-refractivity contribution in [3.8, 4) is 5.75 Å². The number of ether oxygens (including phenoxy) is 1. The Morgan fingerprint density at radius 3 is 2.34 bits per heavy atom. The molecule has 6 rings (SSSR count). The first-order valence-corrected chi connectivity index (χ1v) is 12.8. The quantitative estimate of drug-likeness (QED) is 0.697. The normalized spacial score (nSPS) is 24.1. The smallest absolute Gasteiger partial charge is 0.123 e. The lowest BCUT2D eigenvalue weighted by Crippen LogP contribution is -2.53. The van der Waals surface area contributed by atoms with E-state index in [-0.39, 0.29) is 5.60 Å². The van der Waals surface area contributed by atoms with Gasteiger partial charge in [-0.2, -0.15) is 0 Å². The van der Waals surface area contributed by atoms with Crippen LogP contribution in [0.2, 0.25) is 0 Å². The third kappa shape index (κ3) is 4.15. The molecule has 4 nitrogen and oxygen atoms in total. The van der Waals surface area contributed by atoms with E-state index in [0.29, 0.717) is 0 Å². The summed E-state index contributed by atoms with van der Waals surface area (Å²) in [6.07, 6.45) is 9.02. The Morgan fingerprint density at radius 2 is 1.62 bits per heavy atom. The van der Waals surface area contributed by atoms with Gasteiger partial charge in [-0.15, -0.1) is 0 Å². The van der Waals surface area contributed by atoms with E-state index in [0.717, 1.165) is 44.5 Å². The van der Waals surface area contributed by atoms with Crippen LogP contribution in [0.1, 0.15) is 49.7 Å². The fourth-order valence-electron chi connectivity index (χ4n) is 6.11. The second-order valence-electron chi connectivity index (χ2n) is 10.4. The van der Waals surface area contributed by atoms with E-state index in [1.807, 2.05) is 0 Å². The van der Waals surface area contributed by atoms with E-state index in [9.17, 15) is 0 Å². The van der Waals surface area contributed by atoms with Crippen LogP contribution in [0.25, 0.3) is 0 Å². The van der Waals surface area contributed by atoms with Gasteiger partial charge in [0.1, 0.15) is 11.4 Å². The van der Waals surface area contributed by atoms with E-state index < -0.39 is 0 Å². The largest absolute Gasteiger partial charge is 0.487 e. The molecule has 1 spiro atoms. The molecule has 0 N–H and O–H groups in total. The SMILES string of the molecule is c1ccc(CN2CCN(c3ccc4c(c3)CCC3(CCN(C5CCC5)CC3)O4)CC2)cc1. The molecule has 3 fully saturated rings. The number of piperazine rings is 1. The molecule has 0 amide bonds. The molecule has 0 unspecified atom stereocenters. The number of hydrogen-bond donors (Lipinski definition) is 0. The average molecular weight is 432 g/mol. The second kappa shape index (κ2) is 8.72. The molecule has 1 aliphatic carbocycles. The molecule has 3 heterocycles. The second-order valence-corrected chi connectivity index (χ2v) is 10.4. The molecule has 2 saturated heterocycles. The maximum atomic E-state index is 6.71. The molecule has 4 heteroatoms. The van der Waals surface area contributed by atoms with Gasteiger partial charge in [0, 0.05) is 57.5 Å². The zero-order valence-electron chi connectivity index (χ0n) is 19.3. The third-order valence-electron chi connectivity index (χ3n) is 8.51. The fraction of sp³-hybridized carbons (Fsp3) is 0.571. The minimum Gasteiger partial charge on any atom is -0.487 e. The van der Waals surface area contributed by atoms with E-state index >= 15 is 0 Å². The molecule has 0 aromatic heterocycles. The van der Waals surface area contributed by atoms with Crippen molar-refractivity contribution in [2.24, 2.45) is 0 Å². The molecule has 0 bridgehead atoms. The van der Waals surface area contributed by atoms with Gasteiger partial charge in [-0.3, -0.25) is 4.90 Å². The molecule has 4 aliphatic rings. The lowest BCUT2D eigenvalue weighted by atomic mass is 9.81. The Bertz CT molecular complexity index is 910. The number of fused-ring (bicyclic) bond motifs is 1. The summed E-state index contributed by atoms with van der Waals surface area (Å²) in [6.45, 7) is 7.98. The van der Waals surface area contributed by atoms with Crippen molar-refractivity contribution in [3.05, 3.63) is 59.7 Å². The van der Waals surface area contributed by atoms with Crippen molar-refractivity contribution >= 4 is 5.69 Å². The summed E-state index contributed by atoms with van der Waals surface area (Å²) in [5, 5.41) is 0. The molecule has 2 aromatic carbocycles. The summed E-state index contributed by atoms with van der Waals surface area (Å²) < 4.78 is 6.71. The van der Waals surface area contributed by atoms with Crippen LogP contribution in [0.15, 0.2) is 48.5 Å². The standard InChI is InChI=1S/C28H37N3O/c1-2-5-23(6-3-1)22-29-17-19-31(20-18-29)26-9-10-27-24(21-26)11-12-28(32-27)13-15-30(16-14-28)25-7-4-8-25/h1-3,5-6,9-10,21,25H,4,7-8,11-20,22H2. The molecule has 2 aromatic rings. The Hall–Kier alpha value is -2.04. The molecule has 0 radical (unpaired) electrons. The summed E-state index contributed by atoms with van der Waals surface area (Å²) in [5.74, 6) is 1.15. The minimum atomic E-state index is 0.0951. The first-order valence-electron chi connectivity index (χ1n) is 12.8. The van der Waals surface area contributed by atoms with Crippen LogP contribution in [0.5, 0.6) is 5.75 Å². The van der Waals surface area contributed by atoms with Crippen molar-refractivity contribution in [1.82, 2.24) is 9.80 Å². The van der Waals surface area contributed by atoms with E-state index in [2.05, 4.69) is 63.2 Å². The topological polar surface area (TPSA) is 19.0 Å². The highest BCUT2D eigenvalue weighted by molar-refractivity contribution is 5.54. The number of piperidine rings is 1. The molecule has 0 atom stereocenters. The Morgan fingerprint density at radius 1 is 0.844 bits per heavy atom. The predicted octanol–water partition coefficient (Wildman–Crippen LogP) is 4.72. The average Bonchev–Trinajstić information content (AvgIpc) is 2.80. The number of rotatable bonds is 4. The van der Waals surface area contributed by atoms with Crippen LogP contribution in [0.4, 0.5) is 5.69 Å². The number of hydrogen-bond acceptors (Lipinski definition) is 4. The van der Waals surface area contributed by atoms with Crippen molar-refractivity contribution in [3.63, 3.8) is 0 Å². The van der Waals surface area contributed by atoms with Crippen molar-refractivity contribution in [2.75, 3.05) is 44.2 Å². The third-order valence-corrected chi connectivity index (χ3v) is 8.51. The monoisotopic (exact) mass is 431 g/mol. The highest BCUT2D eigenvalue weighted by Crippen LogP contribution is 2.42.